The lowest BCUT2D eigenvalue weighted by Crippen LogP contribution is -2.42. The van der Waals surface area contributed by atoms with Crippen LogP contribution in [0.4, 0.5) is 15.3 Å². The number of hydrogen-bond acceptors (Lipinski definition) is 20. The summed E-state index contributed by atoms with van der Waals surface area (Å²) in [6, 6.07) is 2.61. The van der Waals surface area contributed by atoms with Crippen molar-refractivity contribution in [2.24, 2.45) is 35.3 Å². The predicted molar refractivity (Wildman–Crippen MR) is 390 cm³/mol. The number of carbonyl (C=O) groups excluding carboxylic acids is 10. The molecule has 4 aliphatic heterocycles. The zero-order valence-corrected chi connectivity index (χ0v) is 64.0. The van der Waals surface area contributed by atoms with Crippen LogP contribution in [0.2, 0.25) is 0 Å². The number of carbonyl (C=O) groups is 10. The third-order valence-electron chi connectivity index (χ3n) is 17.5. The number of amides is 4. The molecule has 4 amide bonds. The molecule has 2 saturated heterocycles. The second-order valence-electron chi connectivity index (χ2n) is 29.9. The number of ether oxygens (including phenoxy) is 2. The number of nitrogens with one attached hydrogen (secondary N) is 3. The number of nitrogens with zero attached hydrogens (tertiary/aromatic N) is 3. The largest absolute Gasteiger partial charge is 0.443 e. The van der Waals surface area contributed by atoms with E-state index in [-0.39, 0.29) is 76.7 Å². The van der Waals surface area contributed by atoms with Crippen LogP contribution < -0.4 is 21.7 Å². The van der Waals surface area contributed by atoms with Gasteiger partial charge in [0.05, 0.1) is 42.3 Å². The first kappa shape index (κ1) is 86.6. The van der Waals surface area contributed by atoms with Gasteiger partial charge in [-0.3, -0.25) is 48.2 Å². The van der Waals surface area contributed by atoms with E-state index in [4.69, 9.17) is 19.4 Å². The van der Waals surface area contributed by atoms with Crippen molar-refractivity contribution in [3.05, 3.63) is 93.3 Å². The lowest BCUT2D eigenvalue weighted by atomic mass is 9.87. The normalized spacial score (nSPS) is 25.4. The van der Waals surface area contributed by atoms with E-state index >= 15 is 0 Å². The van der Waals surface area contributed by atoms with Crippen LogP contribution in [0, 0.1) is 29.6 Å². The third-order valence-corrected chi connectivity index (χ3v) is 18.6. The number of aliphatic hydroxyl groups is 2. The number of hydrogen-bond donors (Lipinski definition) is 6. The van der Waals surface area contributed by atoms with Crippen LogP contribution in [0.25, 0.3) is 0 Å². The zero-order valence-electron chi connectivity index (χ0n) is 61.6. The maximum absolute atomic E-state index is 12.4. The predicted octanol–water partition coefficient (Wildman–Crippen LogP) is 11.4. The summed E-state index contributed by atoms with van der Waals surface area (Å²) in [6.07, 6.45) is 31.1. The minimum absolute atomic E-state index is 0.00819. The van der Waals surface area contributed by atoms with Gasteiger partial charge in [0.1, 0.15) is 22.8 Å². The molecule has 26 heteroatoms. The molecule has 0 spiro atoms. The Hall–Kier alpha value is -6.84. The fourth-order valence-corrected chi connectivity index (χ4v) is 13.0. The van der Waals surface area contributed by atoms with Crippen molar-refractivity contribution < 1.29 is 80.2 Å². The van der Waals surface area contributed by atoms with Crippen molar-refractivity contribution in [3.8, 4) is 0 Å². The second-order valence-corrected chi connectivity index (χ2v) is 32.5. The summed E-state index contributed by atoms with van der Waals surface area (Å²) in [5.74, 6) is 1.91. The Bertz CT molecular complexity index is 3340. The van der Waals surface area contributed by atoms with Gasteiger partial charge < -0.3 is 45.6 Å². The van der Waals surface area contributed by atoms with E-state index in [0.29, 0.717) is 63.2 Å². The van der Waals surface area contributed by atoms with Gasteiger partial charge in [-0.2, -0.15) is 8.42 Å². The Morgan fingerprint density at radius 3 is 1.65 bits per heavy atom. The Morgan fingerprint density at radius 2 is 1.24 bits per heavy atom. The second kappa shape index (κ2) is 41.5. The number of allylic oxidation sites excluding steroid dienone is 8. The Balaban J connectivity index is 0.000000251. The number of halogens is 1. The molecule has 0 bridgehead atoms. The van der Waals surface area contributed by atoms with Gasteiger partial charge in [0.2, 0.25) is 17.6 Å². The highest BCUT2D eigenvalue weighted by molar-refractivity contribution is 9.11. The third kappa shape index (κ3) is 34.3. The van der Waals surface area contributed by atoms with Crippen LogP contribution in [-0.2, 0) is 57.3 Å². The first-order valence-electron chi connectivity index (χ1n) is 35.4. The monoisotopic (exact) mass is 1490 g/mol. The van der Waals surface area contributed by atoms with Crippen molar-refractivity contribution >= 4 is 90.4 Å². The highest BCUT2D eigenvalue weighted by Crippen LogP contribution is 2.34. The topological polar surface area (TPSA) is 354 Å². The summed E-state index contributed by atoms with van der Waals surface area (Å²) in [7, 11) is -3.67. The summed E-state index contributed by atoms with van der Waals surface area (Å²) in [5.41, 5.74) is 8.78. The molecule has 2 saturated carbocycles. The van der Waals surface area contributed by atoms with Gasteiger partial charge in [-0.1, -0.05) is 66.9 Å². The molecule has 562 valence electrons. The number of anilines is 1. The lowest BCUT2D eigenvalue weighted by molar-refractivity contribution is -0.133. The van der Waals surface area contributed by atoms with Crippen molar-refractivity contribution in [1.29, 1.82) is 0 Å². The van der Waals surface area contributed by atoms with Gasteiger partial charge in [-0.25, -0.2) is 14.5 Å². The van der Waals surface area contributed by atoms with E-state index in [2.05, 4.69) is 63.7 Å². The molecule has 11 rings (SSSR count). The van der Waals surface area contributed by atoms with Gasteiger partial charge >= 0.3 is 22.3 Å². The van der Waals surface area contributed by atoms with E-state index in [1.807, 2.05) is 40.7 Å². The first-order chi connectivity index (χ1) is 47.1. The molecule has 6 aliphatic carbocycles. The smallest absolute Gasteiger partial charge is 0.417 e. The van der Waals surface area contributed by atoms with Crippen LogP contribution >= 0.6 is 15.9 Å². The van der Waals surface area contributed by atoms with E-state index in [0.717, 1.165) is 111 Å². The molecule has 0 radical (unpaired) electrons. The molecular formula is C75H112BrN7O17S. The number of aliphatic hydroxyl groups excluding tert-OH is 2. The summed E-state index contributed by atoms with van der Waals surface area (Å²) >= 11 is 3.22. The molecule has 101 heavy (non-hydrogen) atoms. The molecule has 9 atom stereocenters. The van der Waals surface area contributed by atoms with Crippen LogP contribution in [0.15, 0.2) is 87.7 Å². The average molecular weight is 1500 g/mol. The Morgan fingerprint density at radius 1 is 0.673 bits per heavy atom. The van der Waals surface area contributed by atoms with Crippen LogP contribution in [0.1, 0.15) is 222 Å². The molecule has 5 heterocycles. The Kier molecular flexibility index (Phi) is 35.5. The highest BCUT2D eigenvalue weighted by atomic mass is 79.9. The number of Topliss-reactive ketones (excluding diaryl/α,β-unsaturated/α-hetero) is 3. The summed E-state index contributed by atoms with van der Waals surface area (Å²) < 4.78 is 39.0. The van der Waals surface area contributed by atoms with Gasteiger partial charge in [0.25, 0.3) is 5.91 Å². The molecule has 1 aromatic heterocycles. The van der Waals surface area contributed by atoms with Gasteiger partial charge in [0.15, 0.2) is 17.3 Å². The lowest BCUT2D eigenvalue weighted by Gasteiger charge is -2.34. The molecule has 24 nitrogen and oxygen atoms in total. The standard InChI is InChI=1S/C16H23NO3.C12H21NO5S.C11H21NO.C11H19NO.C9H9N3O3.C6H8O.C5H5BrO.C5H6O2/c1-11-5-8-14(12-6-7-13(18)9-12)17(10-11)15(19)20-16(2,3)4;1-9-6-7-10(18-19(5,15)16)13(8-9)11(14)17-12(2,3)4;2*1-8-2-5-11(12-7-8)9-3-4-10(13)6-9;1-5(13)9(15)12-7-2-6(8(10)14)3-11-4-7;1-5-2-3-6(7)4-5;2*6-4-1-2-5(7)3-4/h8-9,11H,5-7,10H2,1-4H3;7,9H,6,8H2,1-5H3;8-13H,2-7H2,1H3;6,8,10-13H,2-5,7H2,1H3;2-4H,1H3,(H2,10,14)(H,12,15);4H,2-3H2,1H3;3H,1-2H2;1-3H2/t;;8-,9?,10?,11+;;;;;/m..1...../s1. The van der Waals surface area contributed by atoms with E-state index in [9.17, 15) is 66.6 Å². The SMILES string of the molecule is CC(=O)C(=O)Nc1cncc(C(N)=O)c1.CC1=CC(=O)CC1.CC1CC=C(C2=CC(=O)CC2)N(C(=O)OC(C)(C)C)C1.CC1CC=C(OS(C)(=O)=O)N(C(=O)OC(C)(C)C)C1.CC1CCC(C2=CC(O)CC2)NC1.C[C@@H]1CC[C@@H](C2CCC(O)C2)NC1.O=C1C=C(Br)CC1.O=C1CCC(=O)C1. The van der Waals surface area contributed by atoms with E-state index in [1.54, 1.807) is 50.0 Å². The zero-order chi connectivity index (χ0) is 75.5. The number of rotatable bonds is 8. The summed E-state index contributed by atoms with van der Waals surface area (Å²) in [5, 5.41) is 28.3. The molecule has 7 unspecified atom stereocenters. The Labute approximate surface area is 606 Å². The fourth-order valence-electron chi connectivity index (χ4n) is 12.1. The van der Waals surface area contributed by atoms with Crippen molar-refractivity contribution in [2.75, 3.05) is 37.8 Å². The van der Waals surface area contributed by atoms with Crippen LogP contribution in [0.3, 0.4) is 0 Å². The fraction of sp³-hybridized carbons (Fsp3) is 0.640. The number of aromatic nitrogens is 1. The number of piperidine rings is 2. The average Bonchev–Trinajstić information content (AvgIpc) is 1.80. The number of primary amides is 1. The molecule has 0 aromatic carbocycles. The van der Waals surface area contributed by atoms with E-state index < -0.39 is 45.0 Å². The van der Waals surface area contributed by atoms with Crippen molar-refractivity contribution in [2.45, 2.75) is 247 Å². The maximum atomic E-state index is 12.4. The van der Waals surface area contributed by atoms with Gasteiger partial charge in [-0.05, 0) is 221 Å². The quantitative estimate of drug-likeness (QED) is 0.0609. The summed E-state index contributed by atoms with van der Waals surface area (Å²) in [4.78, 5) is 116. The van der Waals surface area contributed by atoms with Gasteiger partial charge in [-0.15, -0.1) is 0 Å². The minimum atomic E-state index is -3.67. The van der Waals surface area contributed by atoms with E-state index in [1.165, 1.54) is 73.2 Å². The number of ketones is 6. The number of nitrogens with two attached hydrogens (primary N) is 1. The molecule has 1 aromatic rings. The van der Waals surface area contributed by atoms with Crippen LogP contribution in [0.5, 0.6) is 0 Å². The molecule has 4 fully saturated rings. The maximum Gasteiger partial charge on any atom is 0.417 e. The number of pyridine rings is 1. The molecule has 7 N–H and O–H groups in total. The van der Waals surface area contributed by atoms with Crippen molar-refractivity contribution in [3.63, 3.8) is 0 Å². The van der Waals surface area contributed by atoms with Crippen LogP contribution in [-0.4, -0.2) is 160 Å². The minimum Gasteiger partial charge on any atom is -0.443 e. The molecular weight excluding hydrogens is 1380 g/mol. The van der Waals surface area contributed by atoms with Crippen molar-refractivity contribution in [1.82, 2.24) is 25.4 Å². The summed E-state index contributed by atoms with van der Waals surface area (Å²) in [6.45, 7) is 26.0. The first-order valence-corrected chi connectivity index (χ1v) is 38.0. The van der Waals surface area contributed by atoms with Gasteiger partial charge in [0, 0.05) is 76.1 Å². The highest BCUT2D eigenvalue weighted by Gasteiger charge is 2.35. The molecule has 10 aliphatic rings.